The van der Waals surface area contributed by atoms with Crippen molar-refractivity contribution in [2.24, 2.45) is 0 Å². The maximum atomic E-state index is 13.8. The van der Waals surface area contributed by atoms with Crippen LogP contribution in [0.3, 0.4) is 0 Å². The summed E-state index contributed by atoms with van der Waals surface area (Å²) in [4.78, 5) is 30.6. The fourth-order valence-electron chi connectivity index (χ4n) is 3.46. The van der Waals surface area contributed by atoms with Gasteiger partial charge < -0.3 is 9.80 Å². The number of hydrogen-bond acceptors (Lipinski definition) is 3. The summed E-state index contributed by atoms with van der Waals surface area (Å²) in [5.41, 5.74) is 2.42. The Balaban J connectivity index is 1.48. The Kier molecular flexibility index (Phi) is 6.99. The van der Waals surface area contributed by atoms with Crippen LogP contribution >= 0.6 is 0 Å². The molecule has 0 bridgehead atoms. The van der Waals surface area contributed by atoms with Gasteiger partial charge >= 0.3 is 0 Å². The molecular formula is C23H28FN3O2. The minimum absolute atomic E-state index is 0.0373. The van der Waals surface area contributed by atoms with E-state index in [-0.39, 0.29) is 30.7 Å². The summed E-state index contributed by atoms with van der Waals surface area (Å²) in [6.07, 6.45) is 0.951. The second-order valence-corrected chi connectivity index (χ2v) is 7.46. The van der Waals surface area contributed by atoms with E-state index < -0.39 is 0 Å². The summed E-state index contributed by atoms with van der Waals surface area (Å²) >= 11 is 0. The Labute approximate surface area is 171 Å². The number of aryl methyl sites for hydroxylation is 1. The lowest BCUT2D eigenvalue weighted by Crippen LogP contribution is -2.51. The lowest BCUT2D eigenvalue weighted by atomic mass is 10.1. The highest BCUT2D eigenvalue weighted by atomic mass is 19.1. The van der Waals surface area contributed by atoms with Crippen molar-refractivity contribution in [2.75, 3.05) is 39.8 Å². The zero-order chi connectivity index (χ0) is 20.8. The van der Waals surface area contributed by atoms with Crippen molar-refractivity contribution < 1.29 is 14.0 Å². The van der Waals surface area contributed by atoms with Crippen molar-refractivity contribution in [2.45, 2.75) is 19.9 Å². The largest absolute Gasteiger partial charge is 0.340 e. The monoisotopic (exact) mass is 397 g/mol. The molecule has 0 radical (unpaired) electrons. The lowest BCUT2D eigenvalue weighted by Gasteiger charge is -2.35. The second kappa shape index (κ2) is 9.65. The van der Waals surface area contributed by atoms with Gasteiger partial charge in [-0.15, -0.1) is 0 Å². The van der Waals surface area contributed by atoms with Gasteiger partial charge in [0.25, 0.3) is 5.91 Å². The zero-order valence-electron chi connectivity index (χ0n) is 17.1. The van der Waals surface area contributed by atoms with Crippen molar-refractivity contribution in [1.29, 1.82) is 0 Å². The first-order valence-corrected chi connectivity index (χ1v) is 10.1. The van der Waals surface area contributed by atoms with Gasteiger partial charge in [0.05, 0.1) is 6.54 Å². The highest BCUT2D eigenvalue weighted by Gasteiger charge is 2.24. The van der Waals surface area contributed by atoms with Crippen LogP contribution in [0.15, 0.2) is 48.5 Å². The van der Waals surface area contributed by atoms with E-state index in [1.807, 2.05) is 34.1 Å². The summed E-state index contributed by atoms with van der Waals surface area (Å²) in [5.74, 6) is -0.315. The van der Waals surface area contributed by atoms with Gasteiger partial charge in [-0.05, 0) is 30.2 Å². The molecule has 6 heteroatoms. The van der Waals surface area contributed by atoms with Crippen molar-refractivity contribution >= 4 is 11.8 Å². The molecule has 5 nitrogen and oxygen atoms in total. The summed E-state index contributed by atoms with van der Waals surface area (Å²) in [5, 5.41) is 0. The average molecular weight is 397 g/mol. The molecule has 3 rings (SSSR count). The predicted molar refractivity (Wildman–Crippen MR) is 111 cm³/mol. The van der Waals surface area contributed by atoms with Crippen LogP contribution in [0.2, 0.25) is 0 Å². The summed E-state index contributed by atoms with van der Waals surface area (Å²) < 4.78 is 13.8. The number of halogens is 1. The maximum Gasteiger partial charge on any atom is 0.253 e. The third-order valence-electron chi connectivity index (χ3n) is 5.42. The minimum atomic E-state index is -0.300. The van der Waals surface area contributed by atoms with Crippen molar-refractivity contribution in [3.05, 3.63) is 71.0 Å². The van der Waals surface area contributed by atoms with Gasteiger partial charge in [-0.3, -0.25) is 14.5 Å². The number of amides is 2. The fourth-order valence-corrected chi connectivity index (χ4v) is 3.46. The molecule has 0 atom stereocenters. The van der Waals surface area contributed by atoms with E-state index in [0.29, 0.717) is 37.3 Å². The molecule has 1 fully saturated rings. The predicted octanol–water partition coefficient (Wildman–Crippen LogP) is 2.80. The molecule has 2 aromatic carbocycles. The van der Waals surface area contributed by atoms with E-state index in [1.54, 1.807) is 30.1 Å². The molecule has 2 aromatic rings. The van der Waals surface area contributed by atoms with E-state index >= 15 is 0 Å². The molecule has 0 N–H and O–H groups in total. The lowest BCUT2D eigenvalue weighted by molar-refractivity contribution is -0.132. The maximum absolute atomic E-state index is 13.8. The molecule has 29 heavy (non-hydrogen) atoms. The first kappa shape index (κ1) is 21.0. The van der Waals surface area contributed by atoms with E-state index in [9.17, 15) is 14.0 Å². The van der Waals surface area contributed by atoms with Gasteiger partial charge in [-0.1, -0.05) is 37.3 Å². The van der Waals surface area contributed by atoms with E-state index in [2.05, 4.69) is 6.92 Å². The molecule has 1 saturated heterocycles. The Hall–Kier alpha value is -2.73. The summed E-state index contributed by atoms with van der Waals surface area (Å²) in [6.45, 7) is 5.11. The van der Waals surface area contributed by atoms with Gasteiger partial charge in [0.1, 0.15) is 5.82 Å². The third-order valence-corrected chi connectivity index (χ3v) is 5.42. The van der Waals surface area contributed by atoms with Crippen molar-refractivity contribution in [3.8, 4) is 0 Å². The van der Waals surface area contributed by atoms with Crippen LogP contribution in [-0.4, -0.2) is 66.3 Å². The van der Waals surface area contributed by atoms with Crippen molar-refractivity contribution in [3.63, 3.8) is 0 Å². The highest BCUT2D eigenvalue weighted by molar-refractivity contribution is 5.94. The van der Waals surface area contributed by atoms with Crippen LogP contribution in [0.1, 0.15) is 28.4 Å². The van der Waals surface area contributed by atoms with Gasteiger partial charge in [0, 0.05) is 50.9 Å². The highest BCUT2D eigenvalue weighted by Crippen LogP contribution is 2.12. The number of benzene rings is 2. The number of carbonyl (C=O) groups excluding carboxylic acids is 2. The number of piperazine rings is 1. The average Bonchev–Trinajstić information content (AvgIpc) is 2.75. The van der Waals surface area contributed by atoms with Crippen LogP contribution < -0.4 is 0 Å². The Bertz CT molecular complexity index is 845. The van der Waals surface area contributed by atoms with E-state index in [0.717, 1.165) is 6.42 Å². The Morgan fingerprint density at radius 3 is 2.28 bits per heavy atom. The third kappa shape index (κ3) is 5.41. The minimum Gasteiger partial charge on any atom is -0.340 e. The summed E-state index contributed by atoms with van der Waals surface area (Å²) in [7, 11) is 1.69. The SMILES string of the molecule is CCc1ccc(C(=O)N2CCN(CC(=O)N(C)Cc3ccccc3F)CC2)cc1. The van der Waals surface area contributed by atoms with Crippen LogP contribution in [0.4, 0.5) is 4.39 Å². The topological polar surface area (TPSA) is 43.9 Å². The molecule has 0 aliphatic carbocycles. The molecule has 1 heterocycles. The molecular weight excluding hydrogens is 369 g/mol. The van der Waals surface area contributed by atoms with E-state index in [1.165, 1.54) is 11.6 Å². The number of rotatable bonds is 6. The summed E-state index contributed by atoms with van der Waals surface area (Å²) in [6, 6.07) is 14.3. The zero-order valence-corrected chi connectivity index (χ0v) is 17.1. The number of carbonyl (C=O) groups is 2. The standard InChI is InChI=1S/C23H28FN3O2/c1-3-18-8-10-19(11-9-18)23(29)27-14-12-26(13-15-27)17-22(28)25(2)16-20-6-4-5-7-21(20)24/h4-11H,3,12-17H2,1-2H3. The smallest absolute Gasteiger partial charge is 0.253 e. The second-order valence-electron chi connectivity index (χ2n) is 7.46. The number of hydrogen-bond donors (Lipinski definition) is 0. The van der Waals surface area contributed by atoms with Gasteiger partial charge in [0.15, 0.2) is 0 Å². The van der Waals surface area contributed by atoms with Gasteiger partial charge in [-0.25, -0.2) is 4.39 Å². The molecule has 2 amide bonds. The van der Waals surface area contributed by atoms with Crippen LogP contribution in [0.25, 0.3) is 0 Å². The molecule has 0 saturated carbocycles. The normalized spacial score (nSPS) is 14.7. The molecule has 0 aromatic heterocycles. The van der Waals surface area contributed by atoms with Crippen LogP contribution in [-0.2, 0) is 17.8 Å². The van der Waals surface area contributed by atoms with Crippen LogP contribution in [0, 0.1) is 5.82 Å². The van der Waals surface area contributed by atoms with Crippen LogP contribution in [0.5, 0.6) is 0 Å². The molecule has 1 aliphatic heterocycles. The van der Waals surface area contributed by atoms with Gasteiger partial charge in [0.2, 0.25) is 5.91 Å². The molecule has 0 spiro atoms. The van der Waals surface area contributed by atoms with Gasteiger partial charge in [-0.2, -0.15) is 0 Å². The fraction of sp³-hybridized carbons (Fsp3) is 0.391. The Morgan fingerprint density at radius 1 is 1.00 bits per heavy atom. The number of nitrogens with zero attached hydrogens (tertiary/aromatic N) is 3. The quantitative estimate of drug-likeness (QED) is 0.753. The number of likely N-dealkylation sites (N-methyl/N-ethyl adjacent to an activating group) is 1. The molecule has 154 valence electrons. The first-order chi connectivity index (χ1) is 14.0. The van der Waals surface area contributed by atoms with E-state index in [4.69, 9.17) is 0 Å². The molecule has 0 unspecified atom stereocenters. The van der Waals surface area contributed by atoms with Crippen molar-refractivity contribution in [1.82, 2.24) is 14.7 Å². The Morgan fingerprint density at radius 2 is 1.66 bits per heavy atom. The molecule has 1 aliphatic rings. The first-order valence-electron chi connectivity index (χ1n) is 10.1.